The number of nitrogen functional groups attached to an aromatic ring is 1. The lowest BCUT2D eigenvalue weighted by Gasteiger charge is -2.15. The number of nitrogens with two attached hydrogens (primary N) is 1. The van der Waals surface area contributed by atoms with Crippen LogP contribution in [0.2, 0.25) is 0 Å². The summed E-state index contributed by atoms with van der Waals surface area (Å²) in [5.74, 6) is 1.05. The van der Waals surface area contributed by atoms with Crippen molar-refractivity contribution in [3.63, 3.8) is 0 Å². The number of likely N-dealkylation sites (tertiary alicyclic amines) is 1. The Morgan fingerprint density at radius 3 is 2.74 bits per heavy atom. The minimum Gasteiger partial charge on any atom is -0.394 e. The number of anilines is 2. The second-order valence-electron chi connectivity index (χ2n) is 4.93. The third kappa shape index (κ3) is 3.00. The summed E-state index contributed by atoms with van der Waals surface area (Å²) < 4.78 is 1.84. The molecular formula is C13H23N5O. The summed E-state index contributed by atoms with van der Waals surface area (Å²) in [6.45, 7) is 7.10. The monoisotopic (exact) mass is 265 g/mol. The van der Waals surface area contributed by atoms with Crippen LogP contribution in [-0.2, 0) is 11.3 Å². The zero-order chi connectivity index (χ0) is 13.8. The second-order valence-corrected chi connectivity index (χ2v) is 4.93. The van der Waals surface area contributed by atoms with E-state index < -0.39 is 0 Å². The maximum Gasteiger partial charge on any atom is 0.224 e. The van der Waals surface area contributed by atoms with Crippen LogP contribution in [0, 0.1) is 6.92 Å². The number of hydrogen-bond acceptors (Lipinski definition) is 4. The zero-order valence-electron chi connectivity index (χ0n) is 11.8. The number of carbonyl (C=O) groups excluding carboxylic acids is 1. The van der Waals surface area contributed by atoms with E-state index in [2.05, 4.69) is 10.4 Å². The predicted octanol–water partition coefficient (Wildman–Crippen LogP) is 1.22. The molecule has 3 N–H and O–H groups in total. The fourth-order valence-corrected chi connectivity index (χ4v) is 2.42. The lowest BCUT2D eigenvalue weighted by molar-refractivity contribution is -0.129. The zero-order valence-corrected chi connectivity index (χ0v) is 11.8. The first-order valence-corrected chi connectivity index (χ1v) is 6.98. The van der Waals surface area contributed by atoms with Gasteiger partial charge in [0.1, 0.15) is 5.82 Å². The van der Waals surface area contributed by atoms with E-state index in [9.17, 15) is 4.79 Å². The van der Waals surface area contributed by atoms with Gasteiger partial charge >= 0.3 is 0 Å². The first kappa shape index (κ1) is 13.7. The van der Waals surface area contributed by atoms with Gasteiger partial charge in [0.05, 0.1) is 11.4 Å². The molecule has 6 heteroatoms. The van der Waals surface area contributed by atoms with E-state index in [0.29, 0.717) is 18.7 Å². The topological polar surface area (TPSA) is 76.2 Å². The number of amides is 1. The largest absolute Gasteiger partial charge is 0.394 e. The van der Waals surface area contributed by atoms with E-state index in [1.807, 2.05) is 23.4 Å². The summed E-state index contributed by atoms with van der Waals surface area (Å²) in [5, 5.41) is 7.57. The summed E-state index contributed by atoms with van der Waals surface area (Å²) in [6.07, 6.45) is 2.77. The number of carbonyl (C=O) groups is 1. The maximum atomic E-state index is 11.9. The molecule has 0 spiro atoms. The first-order chi connectivity index (χ1) is 9.13. The number of aryl methyl sites for hydroxylation is 2. The van der Waals surface area contributed by atoms with Crippen molar-refractivity contribution in [1.82, 2.24) is 14.7 Å². The molecule has 0 atom stereocenters. The first-order valence-electron chi connectivity index (χ1n) is 6.98. The molecule has 0 bridgehead atoms. The predicted molar refractivity (Wildman–Crippen MR) is 76.0 cm³/mol. The van der Waals surface area contributed by atoms with Crippen LogP contribution in [-0.4, -0.2) is 40.2 Å². The molecule has 0 saturated carbocycles. The lowest BCUT2D eigenvalue weighted by atomic mass is 10.3. The summed E-state index contributed by atoms with van der Waals surface area (Å²) in [5.41, 5.74) is 7.48. The molecule has 1 saturated heterocycles. The lowest BCUT2D eigenvalue weighted by Crippen LogP contribution is -2.29. The molecule has 1 aromatic rings. The van der Waals surface area contributed by atoms with Gasteiger partial charge in [-0.15, -0.1) is 0 Å². The van der Waals surface area contributed by atoms with Crippen molar-refractivity contribution in [3.8, 4) is 0 Å². The molecule has 0 aliphatic carbocycles. The Bertz CT molecular complexity index is 448. The van der Waals surface area contributed by atoms with E-state index in [0.717, 1.165) is 44.0 Å². The van der Waals surface area contributed by atoms with Crippen LogP contribution >= 0.6 is 0 Å². The van der Waals surface area contributed by atoms with Gasteiger partial charge in [-0.1, -0.05) is 0 Å². The van der Waals surface area contributed by atoms with Gasteiger partial charge in [-0.2, -0.15) is 5.10 Å². The summed E-state index contributed by atoms with van der Waals surface area (Å²) in [6, 6.07) is 0. The van der Waals surface area contributed by atoms with E-state index in [1.54, 1.807) is 0 Å². The van der Waals surface area contributed by atoms with Crippen LogP contribution < -0.4 is 11.1 Å². The normalized spacial score (nSPS) is 14.9. The molecule has 2 heterocycles. The SMILES string of the molecule is CCn1nc(C)c(N)c1NCCC(=O)N1CCCC1. The van der Waals surface area contributed by atoms with Crippen molar-refractivity contribution in [2.24, 2.45) is 0 Å². The van der Waals surface area contributed by atoms with Crippen molar-refractivity contribution in [2.75, 3.05) is 30.7 Å². The van der Waals surface area contributed by atoms with E-state index >= 15 is 0 Å². The van der Waals surface area contributed by atoms with Crippen LogP contribution in [0.25, 0.3) is 0 Å². The summed E-state index contributed by atoms with van der Waals surface area (Å²) in [4.78, 5) is 13.9. The highest BCUT2D eigenvalue weighted by Crippen LogP contribution is 2.22. The van der Waals surface area contributed by atoms with Gasteiger partial charge in [0.25, 0.3) is 0 Å². The Labute approximate surface area is 113 Å². The number of rotatable bonds is 5. The van der Waals surface area contributed by atoms with Crippen LogP contribution in [0.5, 0.6) is 0 Å². The number of nitrogens with one attached hydrogen (secondary N) is 1. The maximum absolute atomic E-state index is 11.9. The molecule has 6 nitrogen and oxygen atoms in total. The Morgan fingerprint density at radius 2 is 2.11 bits per heavy atom. The molecule has 1 aliphatic rings. The molecule has 1 amide bonds. The highest BCUT2D eigenvalue weighted by Gasteiger charge is 2.17. The van der Waals surface area contributed by atoms with Gasteiger partial charge in [-0.3, -0.25) is 4.79 Å². The van der Waals surface area contributed by atoms with Gasteiger partial charge < -0.3 is 16.0 Å². The fourth-order valence-electron chi connectivity index (χ4n) is 2.42. The fraction of sp³-hybridized carbons (Fsp3) is 0.692. The molecule has 19 heavy (non-hydrogen) atoms. The molecule has 2 rings (SSSR count). The molecular weight excluding hydrogens is 242 g/mol. The molecule has 1 aliphatic heterocycles. The Morgan fingerprint density at radius 1 is 1.42 bits per heavy atom. The second kappa shape index (κ2) is 5.95. The quantitative estimate of drug-likeness (QED) is 0.839. The van der Waals surface area contributed by atoms with Crippen molar-refractivity contribution < 1.29 is 4.79 Å². The molecule has 106 valence electrons. The van der Waals surface area contributed by atoms with Crippen molar-refractivity contribution in [2.45, 2.75) is 39.7 Å². The number of aromatic nitrogens is 2. The van der Waals surface area contributed by atoms with Gasteiger partial charge in [-0.25, -0.2) is 4.68 Å². The molecule has 1 aromatic heterocycles. The Balaban J connectivity index is 1.87. The van der Waals surface area contributed by atoms with E-state index in [4.69, 9.17) is 5.73 Å². The van der Waals surface area contributed by atoms with Gasteiger partial charge in [0.15, 0.2) is 0 Å². The van der Waals surface area contributed by atoms with Crippen LogP contribution in [0.15, 0.2) is 0 Å². The van der Waals surface area contributed by atoms with Gasteiger partial charge in [0.2, 0.25) is 5.91 Å². The van der Waals surface area contributed by atoms with Crippen molar-refractivity contribution in [1.29, 1.82) is 0 Å². The number of hydrogen-bond donors (Lipinski definition) is 2. The molecule has 0 aromatic carbocycles. The minimum absolute atomic E-state index is 0.225. The number of nitrogens with zero attached hydrogens (tertiary/aromatic N) is 3. The third-order valence-corrected chi connectivity index (χ3v) is 3.56. The highest BCUT2D eigenvalue weighted by molar-refractivity contribution is 5.77. The smallest absolute Gasteiger partial charge is 0.224 e. The molecule has 1 fully saturated rings. The van der Waals surface area contributed by atoms with Crippen molar-refractivity contribution >= 4 is 17.4 Å². The molecule has 0 unspecified atom stereocenters. The van der Waals surface area contributed by atoms with E-state index in [-0.39, 0.29) is 5.91 Å². The van der Waals surface area contributed by atoms with Crippen molar-refractivity contribution in [3.05, 3.63) is 5.69 Å². The Kier molecular flexibility index (Phi) is 4.29. The summed E-state index contributed by atoms with van der Waals surface area (Å²) in [7, 11) is 0. The highest BCUT2D eigenvalue weighted by atomic mass is 16.2. The van der Waals surface area contributed by atoms with Crippen LogP contribution in [0.1, 0.15) is 31.9 Å². The average molecular weight is 265 g/mol. The molecule has 0 radical (unpaired) electrons. The van der Waals surface area contributed by atoms with Gasteiger partial charge in [0, 0.05) is 32.6 Å². The van der Waals surface area contributed by atoms with Crippen LogP contribution in [0.3, 0.4) is 0 Å². The summed E-state index contributed by atoms with van der Waals surface area (Å²) >= 11 is 0. The van der Waals surface area contributed by atoms with Crippen LogP contribution in [0.4, 0.5) is 11.5 Å². The minimum atomic E-state index is 0.225. The van der Waals surface area contributed by atoms with Gasteiger partial charge in [-0.05, 0) is 26.7 Å². The average Bonchev–Trinajstić information content (AvgIpc) is 3.01. The Hall–Kier alpha value is -1.72. The van der Waals surface area contributed by atoms with E-state index in [1.165, 1.54) is 0 Å². The standard InChI is InChI=1S/C13H23N5O/c1-3-18-13(12(14)10(2)16-18)15-7-6-11(19)17-8-4-5-9-17/h15H,3-9,14H2,1-2H3. The third-order valence-electron chi connectivity index (χ3n) is 3.56.